The molecule has 0 aromatic carbocycles. The third kappa shape index (κ3) is 3.33. The number of aryl methyl sites for hydroxylation is 2. The zero-order valence-corrected chi connectivity index (χ0v) is 12.2. The lowest BCUT2D eigenvalue weighted by Gasteiger charge is -2.16. The summed E-state index contributed by atoms with van der Waals surface area (Å²) in [7, 11) is 0. The number of hydrogen-bond acceptors (Lipinski definition) is 4. The summed E-state index contributed by atoms with van der Waals surface area (Å²) in [5, 5.41) is 16.8. The van der Waals surface area contributed by atoms with Crippen LogP contribution < -0.4 is 5.32 Å². The van der Waals surface area contributed by atoms with Gasteiger partial charge in [-0.1, -0.05) is 0 Å². The van der Waals surface area contributed by atoms with Gasteiger partial charge in [0.2, 0.25) is 0 Å². The van der Waals surface area contributed by atoms with Crippen LogP contribution in [-0.2, 0) is 6.42 Å². The van der Waals surface area contributed by atoms with E-state index in [1.54, 1.807) is 11.3 Å². The van der Waals surface area contributed by atoms with Gasteiger partial charge in [-0.05, 0) is 61.2 Å². The predicted molar refractivity (Wildman–Crippen MR) is 79.5 cm³/mol. The van der Waals surface area contributed by atoms with Crippen molar-refractivity contribution in [3.63, 3.8) is 0 Å². The Labute approximate surface area is 117 Å². The predicted octanol–water partition coefficient (Wildman–Crippen LogP) is 3.67. The quantitative estimate of drug-likeness (QED) is 0.923. The Morgan fingerprint density at radius 3 is 2.89 bits per heavy atom. The topological polar surface area (TPSA) is 48.7 Å². The van der Waals surface area contributed by atoms with Crippen LogP contribution in [0.1, 0.15) is 29.3 Å². The molecule has 0 spiro atoms. The number of aromatic nitrogens is 1. The molecule has 2 aromatic rings. The second-order valence-electron chi connectivity index (χ2n) is 4.80. The first-order chi connectivity index (χ1) is 9.10. The van der Waals surface area contributed by atoms with Crippen molar-refractivity contribution in [3.8, 4) is 6.07 Å². The van der Waals surface area contributed by atoms with Crippen molar-refractivity contribution >= 4 is 17.2 Å². The summed E-state index contributed by atoms with van der Waals surface area (Å²) in [5.41, 5.74) is 3.86. The number of nitriles is 1. The molecule has 0 aliphatic carbocycles. The molecule has 19 heavy (non-hydrogen) atoms. The summed E-state index contributed by atoms with van der Waals surface area (Å²) in [4.78, 5) is 4.44. The lowest BCUT2D eigenvalue weighted by atomic mass is 10.1. The maximum absolute atomic E-state index is 9.23. The summed E-state index contributed by atoms with van der Waals surface area (Å²) in [5.74, 6) is 0.697. The number of hydrogen-bond donors (Lipinski definition) is 1. The highest BCUT2D eigenvalue weighted by Crippen LogP contribution is 2.19. The van der Waals surface area contributed by atoms with Gasteiger partial charge in [-0.3, -0.25) is 0 Å². The Balaban J connectivity index is 2.16. The highest BCUT2D eigenvalue weighted by molar-refractivity contribution is 7.07. The van der Waals surface area contributed by atoms with Gasteiger partial charge in [-0.15, -0.1) is 0 Å². The van der Waals surface area contributed by atoms with Crippen molar-refractivity contribution in [2.45, 2.75) is 33.2 Å². The highest BCUT2D eigenvalue weighted by Gasteiger charge is 2.11. The average Bonchev–Trinajstić information content (AvgIpc) is 2.81. The van der Waals surface area contributed by atoms with Gasteiger partial charge in [0.15, 0.2) is 0 Å². The molecule has 1 atom stereocenters. The van der Waals surface area contributed by atoms with Gasteiger partial charge in [-0.2, -0.15) is 16.6 Å². The van der Waals surface area contributed by atoms with Gasteiger partial charge < -0.3 is 5.32 Å². The second-order valence-corrected chi connectivity index (χ2v) is 5.58. The number of thiophene rings is 1. The van der Waals surface area contributed by atoms with E-state index in [9.17, 15) is 5.26 Å². The summed E-state index contributed by atoms with van der Waals surface area (Å²) >= 11 is 1.70. The van der Waals surface area contributed by atoms with Crippen LogP contribution in [0, 0.1) is 25.2 Å². The number of anilines is 1. The smallest absolute Gasteiger partial charge is 0.144 e. The van der Waals surface area contributed by atoms with Crippen LogP contribution in [0.15, 0.2) is 22.9 Å². The third-order valence-electron chi connectivity index (χ3n) is 2.96. The second kappa shape index (κ2) is 5.85. The van der Waals surface area contributed by atoms with Gasteiger partial charge in [0, 0.05) is 11.7 Å². The molecule has 4 heteroatoms. The van der Waals surface area contributed by atoms with Crippen LogP contribution >= 0.6 is 11.3 Å². The van der Waals surface area contributed by atoms with Gasteiger partial charge in [0.25, 0.3) is 0 Å². The SMILES string of the molecule is Cc1cc(C)c(C#N)c(NC(C)Cc2ccsc2)n1. The van der Waals surface area contributed by atoms with E-state index in [1.807, 2.05) is 19.9 Å². The zero-order chi connectivity index (χ0) is 13.8. The minimum atomic E-state index is 0.246. The minimum Gasteiger partial charge on any atom is -0.366 e. The normalized spacial score (nSPS) is 11.9. The molecule has 1 N–H and O–H groups in total. The van der Waals surface area contributed by atoms with Crippen LogP contribution in [0.5, 0.6) is 0 Å². The Morgan fingerprint density at radius 1 is 1.47 bits per heavy atom. The molecule has 0 saturated carbocycles. The van der Waals surface area contributed by atoms with Gasteiger partial charge in [-0.25, -0.2) is 4.98 Å². The number of rotatable bonds is 4. The Morgan fingerprint density at radius 2 is 2.26 bits per heavy atom. The van der Waals surface area contributed by atoms with Crippen molar-refractivity contribution in [1.82, 2.24) is 4.98 Å². The highest BCUT2D eigenvalue weighted by atomic mass is 32.1. The molecule has 0 aliphatic heterocycles. The molecule has 0 radical (unpaired) electrons. The van der Waals surface area contributed by atoms with Crippen molar-refractivity contribution in [2.75, 3.05) is 5.32 Å². The first-order valence-corrected chi connectivity index (χ1v) is 7.20. The average molecular weight is 271 g/mol. The van der Waals surface area contributed by atoms with Crippen LogP contribution in [0.3, 0.4) is 0 Å². The van der Waals surface area contributed by atoms with Crippen LogP contribution in [0.2, 0.25) is 0 Å². The molecule has 2 heterocycles. The number of nitrogens with one attached hydrogen (secondary N) is 1. The molecule has 0 aliphatic rings. The summed E-state index contributed by atoms with van der Waals surface area (Å²) in [6, 6.07) is 6.54. The maximum Gasteiger partial charge on any atom is 0.144 e. The van der Waals surface area contributed by atoms with Crippen molar-refractivity contribution in [3.05, 3.63) is 45.3 Å². The monoisotopic (exact) mass is 271 g/mol. The molecule has 98 valence electrons. The van der Waals surface area contributed by atoms with Crippen LogP contribution in [0.4, 0.5) is 5.82 Å². The van der Waals surface area contributed by atoms with Gasteiger partial charge in [0.05, 0.1) is 5.56 Å². The summed E-state index contributed by atoms with van der Waals surface area (Å²) in [6.07, 6.45) is 0.934. The molecule has 2 aromatic heterocycles. The van der Waals surface area contributed by atoms with Gasteiger partial charge >= 0.3 is 0 Å². The van der Waals surface area contributed by atoms with Crippen LogP contribution in [-0.4, -0.2) is 11.0 Å². The van der Waals surface area contributed by atoms with E-state index in [0.29, 0.717) is 11.4 Å². The fourth-order valence-corrected chi connectivity index (χ4v) is 2.81. The lowest BCUT2D eigenvalue weighted by Crippen LogP contribution is -2.20. The minimum absolute atomic E-state index is 0.246. The zero-order valence-electron chi connectivity index (χ0n) is 11.4. The first kappa shape index (κ1) is 13.6. The molecule has 0 saturated heterocycles. The van der Waals surface area contributed by atoms with E-state index in [0.717, 1.165) is 17.7 Å². The van der Waals surface area contributed by atoms with E-state index in [1.165, 1.54) is 5.56 Å². The van der Waals surface area contributed by atoms with Crippen molar-refractivity contribution < 1.29 is 0 Å². The molecular weight excluding hydrogens is 254 g/mol. The largest absolute Gasteiger partial charge is 0.366 e. The molecule has 3 nitrogen and oxygen atoms in total. The van der Waals surface area contributed by atoms with E-state index < -0.39 is 0 Å². The van der Waals surface area contributed by atoms with E-state index in [-0.39, 0.29) is 6.04 Å². The molecule has 0 fully saturated rings. The van der Waals surface area contributed by atoms with E-state index >= 15 is 0 Å². The Hall–Kier alpha value is -1.86. The Bertz CT molecular complexity index is 597. The maximum atomic E-state index is 9.23. The van der Waals surface area contributed by atoms with Gasteiger partial charge in [0.1, 0.15) is 11.9 Å². The lowest BCUT2D eigenvalue weighted by molar-refractivity contribution is 0.785. The van der Waals surface area contributed by atoms with Crippen molar-refractivity contribution in [2.24, 2.45) is 0 Å². The first-order valence-electron chi connectivity index (χ1n) is 6.26. The summed E-state index contributed by atoms with van der Waals surface area (Å²) in [6.45, 7) is 6.00. The standard InChI is InChI=1S/C15H17N3S/c1-10-6-11(2)17-15(14(10)8-16)18-12(3)7-13-4-5-19-9-13/h4-6,9,12H,7H2,1-3H3,(H,17,18). The molecule has 0 bridgehead atoms. The van der Waals surface area contributed by atoms with E-state index in [2.05, 4.69) is 40.1 Å². The third-order valence-corrected chi connectivity index (χ3v) is 3.69. The molecule has 2 rings (SSSR count). The van der Waals surface area contributed by atoms with E-state index in [4.69, 9.17) is 0 Å². The van der Waals surface area contributed by atoms with Crippen molar-refractivity contribution in [1.29, 1.82) is 5.26 Å². The van der Waals surface area contributed by atoms with Crippen LogP contribution in [0.25, 0.3) is 0 Å². The Kier molecular flexibility index (Phi) is 4.18. The fourth-order valence-electron chi connectivity index (χ4n) is 2.13. The number of nitrogens with zero attached hydrogens (tertiary/aromatic N) is 2. The number of pyridine rings is 1. The molecule has 0 amide bonds. The molecular formula is C15H17N3S. The fraction of sp³-hybridized carbons (Fsp3) is 0.333. The summed E-state index contributed by atoms with van der Waals surface area (Å²) < 4.78 is 0. The molecule has 1 unspecified atom stereocenters.